The van der Waals surface area contributed by atoms with E-state index in [1.807, 2.05) is 5.32 Å². The van der Waals surface area contributed by atoms with Crippen LogP contribution in [0.3, 0.4) is 0 Å². The van der Waals surface area contributed by atoms with Gasteiger partial charge in [0.25, 0.3) is 0 Å². The Bertz CT molecular complexity index is 296. The summed E-state index contributed by atoms with van der Waals surface area (Å²) < 4.78 is 36.0. The van der Waals surface area contributed by atoms with Crippen LogP contribution < -0.4 is 5.32 Å². The molecule has 0 aromatic heterocycles. The summed E-state index contributed by atoms with van der Waals surface area (Å²) in [6, 6.07) is -0.495. The molecule has 0 unspecified atom stereocenters. The van der Waals surface area contributed by atoms with Gasteiger partial charge in [0.2, 0.25) is 5.91 Å². The third-order valence-corrected chi connectivity index (χ3v) is 2.74. The third-order valence-electron chi connectivity index (χ3n) is 2.74. The van der Waals surface area contributed by atoms with Crippen molar-refractivity contribution in [2.24, 2.45) is 0 Å². The Hall–Kier alpha value is -1.27. The zero-order chi connectivity index (χ0) is 13.1. The van der Waals surface area contributed by atoms with E-state index in [1.54, 1.807) is 11.8 Å². The Morgan fingerprint density at radius 2 is 1.82 bits per heavy atom. The summed E-state index contributed by atoms with van der Waals surface area (Å²) in [6.45, 7) is 2.53. The van der Waals surface area contributed by atoms with Gasteiger partial charge in [0.15, 0.2) is 0 Å². The van der Waals surface area contributed by atoms with E-state index < -0.39 is 18.1 Å². The second-order valence-corrected chi connectivity index (χ2v) is 3.98. The van der Waals surface area contributed by atoms with Crippen molar-refractivity contribution in [3.05, 3.63) is 0 Å². The predicted octanol–water partition coefficient (Wildman–Crippen LogP) is 1.07. The minimum Gasteiger partial charge on any atom is -0.345 e. The molecule has 1 rings (SSSR count). The lowest BCUT2D eigenvalue weighted by Gasteiger charge is -2.32. The van der Waals surface area contributed by atoms with E-state index in [4.69, 9.17) is 0 Å². The summed E-state index contributed by atoms with van der Waals surface area (Å²) in [5.41, 5.74) is 0. The lowest BCUT2D eigenvalue weighted by atomic mass is 10.0. The highest BCUT2D eigenvalue weighted by Gasteiger charge is 2.40. The Morgan fingerprint density at radius 3 is 2.24 bits per heavy atom. The van der Waals surface area contributed by atoms with Crippen LogP contribution in [0.4, 0.5) is 13.2 Å². The van der Waals surface area contributed by atoms with Crippen molar-refractivity contribution in [1.82, 2.24) is 10.2 Å². The summed E-state index contributed by atoms with van der Waals surface area (Å²) in [5.74, 6) is -1.91. The van der Waals surface area contributed by atoms with Gasteiger partial charge < -0.3 is 10.2 Å². The second kappa shape index (κ2) is 5.37. The minimum absolute atomic E-state index is 0.00871. The highest BCUT2D eigenvalue weighted by molar-refractivity contribution is 5.82. The fourth-order valence-electron chi connectivity index (χ4n) is 1.76. The first-order valence-electron chi connectivity index (χ1n) is 5.50. The van der Waals surface area contributed by atoms with Crippen molar-refractivity contribution in [2.75, 3.05) is 13.1 Å². The van der Waals surface area contributed by atoms with Crippen molar-refractivity contribution in [2.45, 2.75) is 38.4 Å². The molecule has 0 aliphatic carbocycles. The number of amides is 2. The molecule has 1 aliphatic rings. The maximum atomic E-state index is 12.0. The maximum absolute atomic E-state index is 12.0. The number of hydrogen-bond acceptors (Lipinski definition) is 2. The molecule has 4 nitrogen and oxygen atoms in total. The van der Waals surface area contributed by atoms with Crippen LogP contribution in [0, 0.1) is 0 Å². The summed E-state index contributed by atoms with van der Waals surface area (Å²) in [5, 5.41) is 1.93. The SMILES string of the molecule is CCC(=O)N1CCC(NC(=O)C(F)(F)F)CC1. The number of hydrogen-bond donors (Lipinski definition) is 1. The zero-order valence-electron chi connectivity index (χ0n) is 9.51. The molecule has 0 aromatic rings. The van der Waals surface area contributed by atoms with Crippen molar-refractivity contribution < 1.29 is 22.8 Å². The first-order chi connectivity index (χ1) is 7.84. The number of nitrogens with zero attached hydrogens (tertiary/aromatic N) is 1. The smallest absolute Gasteiger partial charge is 0.345 e. The summed E-state index contributed by atoms with van der Waals surface area (Å²) in [7, 11) is 0. The van der Waals surface area contributed by atoms with E-state index in [9.17, 15) is 22.8 Å². The topological polar surface area (TPSA) is 49.4 Å². The molecule has 0 spiro atoms. The van der Waals surface area contributed by atoms with Gasteiger partial charge >= 0.3 is 12.1 Å². The van der Waals surface area contributed by atoms with E-state index >= 15 is 0 Å². The van der Waals surface area contributed by atoms with E-state index in [2.05, 4.69) is 0 Å². The Kier molecular flexibility index (Phi) is 4.36. The summed E-state index contributed by atoms with van der Waals surface area (Å²) in [6.07, 6.45) is -3.71. The van der Waals surface area contributed by atoms with Gasteiger partial charge in [0, 0.05) is 25.6 Å². The van der Waals surface area contributed by atoms with Gasteiger partial charge in [-0.15, -0.1) is 0 Å². The maximum Gasteiger partial charge on any atom is 0.471 e. The molecular weight excluding hydrogens is 237 g/mol. The van der Waals surface area contributed by atoms with Crippen LogP contribution in [0.25, 0.3) is 0 Å². The number of rotatable bonds is 2. The average molecular weight is 252 g/mol. The highest BCUT2D eigenvalue weighted by atomic mass is 19.4. The molecule has 98 valence electrons. The molecule has 1 aliphatic heterocycles. The van der Waals surface area contributed by atoms with Gasteiger partial charge in [-0.1, -0.05) is 6.92 Å². The number of alkyl halides is 3. The molecular formula is C10H15F3N2O2. The molecule has 7 heteroatoms. The first kappa shape index (κ1) is 13.8. The number of carbonyl (C=O) groups excluding carboxylic acids is 2. The fourth-order valence-corrected chi connectivity index (χ4v) is 1.76. The zero-order valence-corrected chi connectivity index (χ0v) is 9.51. The lowest BCUT2D eigenvalue weighted by Crippen LogP contribution is -2.49. The van der Waals surface area contributed by atoms with Crippen LogP contribution in [-0.2, 0) is 9.59 Å². The van der Waals surface area contributed by atoms with Crippen LogP contribution in [-0.4, -0.2) is 42.0 Å². The Labute approximate surface area is 97.1 Å². The van der Waals surface area contributed by atoms with E-state index in [1.165, 1.54) is 0 Å². The molecule has 0 saturated carbocycles. The molecule has 0 bridgehead atoms. The summed E-state index contributed by atoms with van der Waals surface area (Å²) >= 11 is 0. The highest BCUT2D eigenvalue weighted by Crippen LogP contribution is 2.17. The molecule has 1 heterocycles. The number of piperidine rings is 1. The van der Waals surface area contributed by atoms with Crippen molar-refractivity contribution in [3.63, 3.8) is 0 Å². The van der Waals surface area contributed by atoms with Crippen LogP contribution in [0.1, 0.15) is 26.2 Å². The number of carbonyl (C=O) groups is 2. The molecule has 0 radical (unpaired) electrons. The van der Waals surface area contributed by atoms with Gasteiger partial charge in [0.1, 0.15) is 0 Å². The van der Waals surface area contributed by atoms with Crippen molar-refractivity contribution in [1.29, 1.82) is 0 Å². The third kappa shape index (κ3) is 3.90. The molecule has 0 atom stereocenters. The largest absolute Gasteiger partial charge is 0.471 e. The molecule has 1 fully saturated rings. The number of halogens is 3. The Balaban J connectivity index is 2.38. The minimum atomic E-state index is -4.84. The van der Waals surface area contributed by atoms with Gasteiger partial charge in [-0.25, -0.2) is 0 Å². The van der Waals surface area contributed by atoms with Gasteiger partial charge in [-0.05, 0) is 12.8 Å². The van der Waals surface area contributed by atoms with Crippen LogP contribution in [0.5, 0.6) is 0 Å². The van der Waals surface area contributed by atoms with E-state index in [-0.39, 0.29) is 5.91 Å². The average Bonchev–Trinajstić information content (AvgIpc) is 2.27. The van der Waals surface area contributed by atoms with Crippen molar-refractivity contribution >= 4 is 11.8 Å². The normalized spacial score (nSPS) is 18.0. The van der Waals surface area contributed by atoms with Gasteiger partial charge in [-0.3, -0.25) is 9.59 Å². The first-order valence-corrected chi connectivity index (χ1v) is 5.50. The molecule has 2 amide bonds. The lowest BCUT2D eigenvalue weighted by molar-refractivity contribution is -0.174. The van der Waals surface area contributed by atoms with E-state index in [0.29, 0.717) is 32.4 Å². The standard InChI is InChI=1S/C10H15F3N2O2/c1-2-8(16)15-5-3-7(4-6-15)14-9(17)10(11,12)13/h7H,2-6H2,1H3,(H,14,17). The number of nitrogens with one attached hydrogen (secondary N) is 1. The van der Waals surface area contributed by atoms with Crippen LogP contribution in [0.2, 0.25) is 0 Å². The monoisotopic (exact) mass is 252 g/mol. The summed E-state index contributed by atoms with van der Waals surface area (Å²) in [4.78, 5) is 23.6. The van der Waals surface area contributed by atoms with E-state index in [0.717, 1.165) is 0 Å². The van der Waals surface area contributed by atoms with Crippen LogP contribution in [0.15, 0.2) is 0 Å². The molecule has 17 heavy (non-hydrogen) atoms. The van der Waals surface area contributed by atoms with Gasteiger partial charge in [-0.2, -0.15) is 13.2 Å². The van der Waals surface area contributed by atoms with Crippen LogP contribution >= 0.6 is 0 Å². The van der Waals surface area contributed by atoms with Crippen molar-refractivity contribution in [3.8, 4) is 0 Å². The number of likely N-dealkylation sites (tertiary alicyclic amines) is 1. The molecule has 1 saturated heterocycles. The Morgan fingerprint density at radius 1 is 1.29 bits per heavy atom. The molecule has 1 N–H and O–H groups in total. The molecule has 0 aromatic carbocycles. The van der Waals surface area contributed by atoms with Gasteiger partial charge in [0.05, 0.1) is 0 Å². The fraction of sp³-hybridized carbons (Fsp3) is 0.800. The predicted molar refractivity (Wildman–Crippen MR) is 54.1 cm³/mol. The quantitative estimate of drug-likeness (QED) is 0.799. The second-order valence-electron chi connectivity index (χ2n) is 3.98.